The molecule has 6 heteroatoms. The molecule has 1 amide bonds. The Kier molecular flexibility index (Phi) is 5.30. The second-order valence-electron chi connectivity index (χ2n) is 7.14. The van der Waals surface area contributed by atoms with E-state index < -0.39 is 5.91 Å². The summed E-state index contributed by atoms with van der Waals surface area (Å²) in [5.74, 6) is 0.463. The zero-order chi connectivity index (χ0) is 19.5. The number of fused-ring (bicyclic) bond motifs is 1. The number of hydrogen-bond donors (Lipinski definition) is 1. The van der Waals surface area contributed by atoms with Gasteiger partial charge in [0.15, 0.2) is 11.2 Å². The molecule has 4 rings (SSSR count). The minimum Gasteiger partial charge on any atom is -0.468 e. The molecule has 1 aromatic carbocycles. The first-order chi connectivity index (χ1) is 13.7. The van der Waals surface area contributed by atoms with Gasteiger partial charge in [-0.05, 0) is 62.2 Å². The number of benzene rings is 1. The predicted molar refractivity (Wildman–Crippen MR) is 106 cm³/mol. The molecule has 146 valence electrons. The lowest BCUT2D eigenvalue weighted by Gasteiger charge is -2.25. The van der Waals surface area contributed by atoms with Gasteiger partial charge in [-0.1, -0.05) is 13.0 Å². The lowest BCUT2D eigenvalue weighted by molar-refractivity contribution is 0.0906. The van der Waals surface area contributed by atoms with Crippen LogP contribution in [0.2, 0.25) is 0 Å². The van der Waals surface area contributed by atoms with E-state index >= 15 is 0 Å². The lowest BCUT2D eigenvalue weighted by Crippen LogP contribution is -2.36. The van der Waals surface area contributed by atoms with Crippen LogP contribution in [0.25, 0.3) is 11.0 Å². The van der Waals surface area contributed by atoms with Crippen LogP contribution in [0.3, 0.4) is 0 Å². The molecule has 0 radical (unpaired) electrons. The van der Waals surface area contributed by atoms with E-state index in [1.807, 2.05) is 31.2 Å². The second-order valence-corrected chi connectivity index (χ2v) is 7.14. The number of rotatable bonds is 6. The number of likely N-dealkylation sites (tertiary alicyclic amines) is 1. The van der Waals surface area contributed by atoms with Gasteiger partial charge in [0, 0.05) is 12.6 Å². The predicted octanol–water partition coefficient (Wildman–Crippen LogP) is 3.52. The molecule has 0 aliphatic carbocycles. The maximum atomic E-state index is 12.7. The van der Waals surface area contributed by atoms with E-state index in [1.165, 1.54) is 6.07 Å². The maximum Gasteiger partial charge on any atom is 0.287 e. The van der Waals surface area contributed by atoms with Crippen molar-refractivity contribution in [1.29, 1.82) is 0 Å². The quantitative estimate of drug-likeness (QED) is 0.708. The number of nitrogens with one attached hydrogen (secondary N) is 1. The van der Waals surface area contributed by atoms with E-state index in [1.54, 1.807) is 12.3 Å². The molecule has 2 aromatic heterocycles. The van der Waals surface area contributed by atoms with E-state index in [4.69, 9.17) is 8.83 Å². The molecule has 0 bridgehead atoms. The highest BCUT2D eigenvalue weighted by Gasteiger charge is 2.26. The van der Waals surface area contributed by atoms with Crippen molar-refractivity contribution in [3.63, 3.8) is 0 Å². The average molecular weight is 380 g/mol. The van der Waals surface area contributed by atoms with Gasteiger partial charge in [0.25, 0.3) is 5.91 Å². The molecule has 28 heavy (non-hydrogen) atoms. The van der Waals surface area contributed by atoms with Gasteiger partial charge in [0.05, 0.1) is 17.7 Å². The SMILES string of the molecule is CCc1ccc2oc(C(=O)NC[C@H](c3ccco3)N3CCCC3)cc(=O)c2c1. The van der Waals surface area contributed by atoms with Crippen LogP contribution in [0, 0.1) is 0 Å². The molecular formula is C22H24N2O4. The molecule has 3 heterocycles. The molecule has 6 nitrogen and oxygen atoms in total. The number of carbonyl (C=O) groups is 1. The number of nitrogens with zero attached hydrogens (tertiary/aromatic N) is 1. The first-order valence-electron chi connectivity index (χ1n) is 9.78. The van der Waals surface area contributed by atoms with Gasteiger partial charge in [0.1, 0.15) is 11.3 Å². The van der Waals surface area contributed by atoms with Gasteiger partial charge in [-0.2, -0.15) is 0 Å². The highest BCUT2D eigenvalue weighted by molar-refractivity contribution is 5.93. The van der Waals surface area contributed by atoms with E-state index in [0.717, 1.165) is 43.7 Å². The second kappa shape index (κ2) is 8.02. The molecule has 1 fully saturated rings. The van der Waals surface area contributed by atoms with Gasteiger partial charge in [-0.25, -0.2) is 0 Å². The standard InChI is InChI=1S/C22H24N2O4/c1-2-15-7-8-19-16(12-15)18(25)13-21(28-19)22(26)23-14-17(20-6-5-11-27-20)24-9-3-4-10-24/h5-8,11-13,17H,2-4,9-10,14H2,1H3,(H,23,26)/t17-/m1/s1. The van der Waals surface area contributed by atoms with Crippen LogP contribution in [-0.4, -0.2) is 30.4 Å². The first-order valence-corrected chi connectivity index (χ1v) is 9.78. The summed E-state index contributed by atoms with van der Waals surface area (Å²) in [7, 11) is 0. The molecule has 1 saturated heterocycles. The van der Waals surface area contributed by atoms with Crippen LogP contribution in [-0.2, 0) is 6.42 Å². The summed E-state index contributed by atoms with van der Waals surface area (Å²) >= 11 is 0. The summed E-state index contributed by atoms with van der Waals surface area (Å²) < 4.78 is 11.3. The number of amides is 1. The highest BCUT2D eigenvalue weighted by Crippen LogP contribution is 2.25. The molecule has 1 aliphatic rings. The van der Waals surface area contributed by atoms with E-state index in [-0.39, 0.29) is 17.2 Å². The Labute approximate surface area is 163 Å². The van der Waals surface area contributed by atoms with Gasteiger partial charge in [0.2, 0.25) is 0 Å². The van der Waals surface area contributed by atoms with Crippen molar-refractivity contribution in [3.05, 3.63) is 70.0 Å². The van der Waals surface area contributed by atoms with E-state index in [9.17, 15) is 9.59 Å². The van der Waals surface area contributed by atoms with Gasteiger partial charge in [-0.3, -0.25) is 14.5 Å². The monoisotopic (exact) mass is 380 g/mol. The van der Waals surface area contributed by atoms with E-state index in [0.29, 0.717) is 17.5 Å². The van der Waals surface area contributed by atoms with Crippen molar-refractivity contribution >= 4 is 16.9 Å². The van der Waals surface area contributed by atoms with E-state index in [2.05, 4.69) is 10.2 Å². The average Bonchev–Trinajstić information content (AvgIpc) is 3.42. The first kappa shape index (κ1) is 18.5. The largest absolute Gasteiger partial charge is 0.468 e. The van der Waals surface area contributed by atoms with Gasteiger partial charge < -0.3 is 14.2 Å². The number of furan rings is 1. The molecule has 0 saturated carbocycles. The van der Waals surface area contributed by atoms with Gasteiger partial charge >= 0.3 is 0 Å². The molecule has 1 aliphatic heterocycles. The third kappa shape index (κ3) is 3.73. The Morgan fingerprint density at radius 1 is 1.21 bits per heavy atom. The normalized spacial score (nSPS) is 15.8. The topological polar surface area (TPSA) is 75.7 Å². The van der Waals surface area contributed by atoms with Crippen LogP contribution >= 0.6 is 0 Å². The molecule has 3 aromatic rings. The number of carbonyl (C=O) groups excluding carboxylic acids is 1. The summed E-state index contributed by atoms with van der Waals surface area (Å²) in [4.78, 5) is 27.4. The number of hydrogen-bond acceptors (Lipinski definition) is 5. The highest BCUT2D eigenvalue weighted by atomic mass is 16.3. The molecule has 1 N–H and O–H groups in total. The minimum absolute atomic E-state index is 0.0271. The van der Waals surface area contributed by atoms with Crippen LogP contribution in [0.1, 0.15) is 47.7 Å². The van der Waals surface area contributed by atoms with Crippen molar-refractivity contribution in [3.8, 4) is 0 Å². The lowest BCUT2D eigenvalue weighted by atomic mass is 10.1. The van der Waals surface area contributed by atoms with Crippen molar-refractivity contribution < 1.29 is 13.6 Å². The minimum atomic E-state index is -0.394. The van der Waals surface area contributed by atoms with Crippen LogP contribution in [0.15, 0.2) is 56.3 Å². The van der Waals surface area contributed by atoms with Crippen LogP contribution in [0.5, 0.6) is 0 Å². The van der Waals surface area contributed by atoms with Crippen molar-refractivity contribution in [2.45, 2.75) is 32.2 Å². The molecule has 1 atom stereocenters. The molecule has 0 spiro atoms. The Morgan fingerprint density at radius 3 is 2.75 bits per heavy atom. The summed E-state index contributed by atoms with van der Waals surface area (Å²) in [6.07, 6.45) is 4.77. The van der Waals surface area contributed by atoms with Crippen molar-refractivity contribution in [2.75, 3.05) is 19.6 Å². The fraction of sp³-hybridized carbons (Fsp3) is 0.364. The summed E-state index contributed by atoms with van der Waals surface area (Å²) in [5.41, 5.74) is 1.28. The molecular weight excluding hydrogens is 356 g/mol. The zero-order valence-electron chi connectivity index (χ0n) is 15.9. The zero-order valence-corrected chi connectivity index (χ0v) is 15.9. The Hall–Kier alpha value is -2.86. The van der Waals surface area contributed by atoms with Crippen LogP contribution < -0.4 is 10.7 Å². The third-order valence-electron chi connectivity index (χ3n) is 5.33. The Bertz CT molecular complexity index is 1020. The third-order valence-corrected chi connectivity index (χ3v) is 5.33. The van der Waals surface area contributed by atoms with Crippen molar-refractivity contribution in [2.24, 2.45) is 0 Å². The van der Waals surface area contributed by atoms with Crippen LogP contribution in [0.4, 0.5) is 0 Å². The fourth-order valence-corrected chi connectivity index (χ4v) is 3.76. The Morgan fingerprint density at radius 2 is 2.04 bits per heavy atom. The maximum absolute atomic E-state index is 12.7. The summed E-state index contributed by atoms with van der Waals surface area (Å²) in [6, 6.07) is 10.5. The number of aryl methyl sites for hydroxylation is 1. The summed E-state index contributed by atoms with van der Waals surface area (Å²) in [6.45, 7) is 4.38. The summed E-state index contributed by atoms with van der Waals surface area (Å²) in [5, 5.41) is 3.41. The molecule has 0 unspecified atom stereocenters. The van der Waals surface area contributed by atoms with Gasteiger partial charge in [-0.15, -0.1) is 0 Å². The fourth-order valence-electron chi connectivity index (χ4n) is 3.76. The van der Waals surface area contributed by atoms with Crippen molar-refractivity contribution in [1.82, 2.24) is 10.2 Å². The Balaban J connectivity index is 1.53. The smallest absolute Gasteiger partial charge is 0.287 e.